The fraction of sp³-hybridized carbons (Fsp3) is 0.412. The second kappa shape index (κ2) is 5.57. The molecule has 2 N–H and O–H groups in total. The third kappa shape index (κ3) is 2.41. The number of anilines is 1. The van der Waals surface area contributed by atoms with E-state index in [9.17, 15) is 5.11 Å². The molecule has 1 aromatic carbocycles. The molecular weight excluding hydrogens is 276 g/mol. The molecule has 5 heteroatoms. The van der Waals surface area contributed by atoms with Gasteiger partial charge in [-0.15, -0.1) is 0 Å². The van der Waals surface area contributed by atoms with E-state index in [2.05, 4.69) is 50.1 Å². The first-order valence-electron chi connectivity index (χ1n) is 7.63. The van der Waals surface area contributed by atoms with Gasteiger partial charge in [0.2, 0.25) is 0 Å². The predicted molar refractivity (Wildman–Crippen MR) is 89.2 cm³/mol. The van der Waals surface area contributed by atoms with E-state index >= 15 is 0 Å². The number of aliphatic hydroxyl groups excluding tert-OH is 1. The lowest BCUT2D eigenvalue weighted by atomic mass is 10.1. The summed E-state index contributed by atoms with van der Waals surface area (Å²) < 4.78 is 2.00. The Morgan fingerprint density at radius 1 is 1.23 bits per heavy atom. The van der Waals surface area contributed by atoms with Gasteiger partial charge in [0, 0.05) is 6.54 Å². The van der Waals surface area contributed by atoms with Crippen LogP contribution in [0.5, 0.6) is 0 Å². The highest BCUT2D eigenvalue weighted by Gasteiger charge is 2.14. The van der Waals surface area contributed by atoms with Gasteiger partial charge in [0.15, 0.2) is 11.5 Å². The number of aromatic nitrogens is 3. The van der Waals surface area contributed by atoms with Crippen LogP contribution in [0, 0.1) is 19.8 Å². The number of aliphatic hydroxyl groups is 1. The summed E-state index contributed by atoms with van der Waals surface area (Å²) in [4.78, 5) is 9.20. The fourth-order valence-electron chi connectivity index (χ4n) is 2.58. The molecule has 0 saturated heterocycles. The van der Waals surface area contributed by atoms with Crippen molar-refractivity contribution < 1.29 is 5.11 Å². The van der Waals surface area contributed by atoms with Gasteiger partial charge in [-0.1, -0.05) is 13.8 Å². The molecule has 0 fully saturated rings. The Morgan fingerprint density at radius 3 is 2.64 bits per heavy atom. The van der Waals surface area contributed by atoms with E-state index in [1.165, 1.54) is 11.1 Å². The van der Waals surface area contributed by atoms with E-state index < -0.39 is 0 Å². The molecule has 3 rings (SSSR count). The summed E-state index contributed by atoms with van der Waals surface area (Å²) in [6, 6.07) is 4.20. The Labute approximate surface area is 130 Å². The van der Waals surface area contributed by atoms with Crippen molar-refractivity contribution in [3.05, 3.63) is 35.2 Å². The van der Waals surface area contributed by atoms with Gasteiger partial charge in [-0.25, -0.2) is 9.97 Å². The Balaban J connectivity index is 2.31. The molecule has 0 spiro atoms. The normalized spacial score (nSPS) is 11.7. The van der Waals surface area contributed by atoms with Crippen LogP contribution < -0.4 is 5.32 Å². The fourth-order valence-corrected chi connectivity index (χ4v) is 2.58. The zero-order chi connectivity index (χ0) is 15.9. The van der Waals surface area contributed by atoms with Gasteiger partial charge >= 0.3 is 0 Å². The van der Waals surface area contributed by atoms with Gasteiger partial charge in [-0.2, -0.15) is 0 Å². The number of nitrogens with zero attached hydrogens (tertiary/aromatic N) is 3. The highest BCUT2D eigenvalue weighted by Crippen LogP contribution is 2.25. The van der Waals surface area contributed by atoms with E-state index in [0.29, 0.717) is 5.92 Å². The maximum Gasteiger partial charge on any atom is 0.180 e. The molecule has 2 aromatic heterocycles. The third-order valence-corrected chi connectivity index (χ3v) is 3.95. The maximum atomic E-state index is 9.62. The average Bonchev–Trinajstić information content (AvgIpc) is 2.90. The van der Waals surface area contributed by atoms with Crippen molar-refractivity contribution in [2.24, 2.45) is 5.92 Å². The van der Waals surface area contributed by atoms with Crippen LogP contribution >= 0.6 is 0 Å². The van der Waals surface area contributed by atoms with Crippen molar-refractivity contribution in [2.45, 2.75) is 34.3 Å². The summed E-state index contributed by atoms with van der Waals surface area (Å²) in [7, 11) is 0. The summed E-state index contributed by atoms with van der Waals surface area (Å²) in [6.07, 6.45) is 1.71. The number of nitrogens with one attached hydrogen (secondary N) is 1. The monoisotopic (exact) mass is 298 g/mol. The number of rotatable bonds is 4. The Hall–Kier alpha value is -2.14. The van der Waals surface area contributed by atoms with Gasteiger partial charge < -0.3 is 10.4 Å². The van der Waals surface area contributed by atoms with Gasteiger partial charge in [-0.05, 0) is 43.0 Å². The molecule has 0 unspecified atom stereocenters. The van der Waals surface area contributed by atoms with Gasteiger partial charge in [0.25, 0.3) is 0 Å². The van der Waals surface area contributed by atoms with E-state index in [0.717, 1.165) is 34.7 Å². The molecule has 2 heterocycles. The van der Waals surface area contributed by atoms with Crippen LogP contribution in [-0.4, -0.2) is 26.0 Å². The first kappa shape index (κ1) is 14.8. The zero-order valence-corrected chi connectivity index (χ0v) is 13.5. The van der Waals surface area contributed by atoms with Crippen molar-refractivity contribution in [3.63, 3.8) is 0 Å². The van der Waals surface area contributed by atoms with Crippen molar-refractivity contribution in [1.82, 2.24) is 14.4 Å². The van der Waals surface area contributed by atoms with Crippen molar-refractivity contribution >= 4 is 22.5 Å². The van der Waals surface area contributed by atoms with Crippen LogP contribution in [0.15, 0.2) is 18.3 Å². The lowest BCUT2D eigenvalue weighted by molar-refractivity contribution is 0.276. The van der Waals surface area contributed by atoms with E-state index in [1.807, 2.05) is 4.40 Å². The quantitative estimate of drug-likeness (QED) is 0.777. The number of aryl methyl sites for hydroxylation is 2. The molecule has 0 aliphatic carbocycles. The smallest absolute Gasteiger partial charge is 0.180 e. The van der Waals surface area contributed by atoms with Crippen molar-refractivity contribution in [2.75, 3.05) is 11.9 Å². The first-order chi connectivity index (χ1) is 10.5. The second-order valence-electron chi connectivity index (χ2n) is 6.23. The average molecular weight is 298 g/mol. The molecule has 0 aliphatic heterocycles. The molecule has 0 radical (unpaired) electrons. The topological polar surface area (TPSA) is 62.5 Å². The largest absolute Gasteiger partial charge is 0.390 e. The van der Waals surface area contributed by atoms with Crippen LogP contribution in [0.4, 0.5) is 5.82 Å². The molecule has 0 aliphatic rings. The standard InChI is InChI=1S/C17H22N4O/c1-10(2)7-18-16-17-19-8-13(9-22)21(17)15-6-12(4)11(3)5-14(15)20-16/h5-6,8,10,22H,7,9H2,1-4H3,(H,18,20). The minimum Gasteiger partial charge on any atom is -0.390 e. The third-order valence-electron chi connectivity index (χ3n) is 3.95. The van der Waals surface area contributed by atoms with Gasteiger partial charge in [0.1, 0.15) is 0 Å². The van der Waals surface area contributed by atoms with Crippen LogP contribution in [0.1, 0.15) is 30.7 Å². The van der Waals surface area contributed by atoms with Crippen LogP contribution in [-0.2, 0) is 6.61 Å². The number of fused-ring (bicyclic) bond motifs is 3. The number of benzene rings is 1. The lowest BCUT2D eigenvalue weighted by Gasteiger charge is -2.13. The summed E-state index contributed by atoms with van der Waals surface area (Å²) in [5.41, 5.74) is 5.85. The molecule has 0 bridgehead atoms. The number of hydrogen-bond acceptors (Lipinski definition) is 4. The first-order valence-corrected chi connectivity index (χ1v) is 7.63. The minimum atomic E-state index is -0.0448. The highest BCUT2D eigenvalue weighted by atomic mass is 16.3. The molecule has 116 valence electrons. The van der Waals surface area contributed by atoms with Crippen LogP contribution in [0.2, 0.25) is 0 Å². The van der Waals surface area contributed by atoms with Gasteiger partial charge in [0.05, 0.1) is 29.5 Å². The predicted octanol–water partition coefficient (Wildman–Crippen LogP) is 3.06. The van der Waals surface area contributed by atoms with E-state index in [4.69, 9.17) is 4.98 Å². The zero-order valence-electron chi connectivity index (χ0n) is 13.5. The summed E-state index contributed by atoms with van der Waals surface area (Å²) >= 11 is 0. The second-order valence-corrected chi connectivity index (χ2v) is 6.23. The summed E-state index contributed by atoms with van der Waals surface area (Å²) in [5.74, 6) is 1.29. The number of imidazole rings is 1. The van der Waals surface area contributed by atoms with Crippen molar-refractivity contribution in [1.29, 1.82) is 0 Å². The molecule has 22 heavy (non-hydrogen) atoms. The maximum absolute atomic E-state index is 9.62. The Bertz CT molecular complexity index is 836. The Morgan fingerprint density at radius 2 is 1.95 bits per heavy atom. The number of hydrogen-bond donors (Lipinski definition) is 2. The summed E-state index contributed by atoms with van der Waals surface area (Å²) in [5, 5.41) is 13.0. The summed E-state index contributed by atoms with van der Waals surface area (Å²) in [6.45, 7) is 9.27. The van der Waals surface area contributed by atoms with E-state index in [-0.39, 0.29) is 6.61 Å². The van der Waals surface area contributed by atoms with Crippen LogP contribution in [0.3, 0.4) is 0 Å². The SMILES string of the molecule is Cc1cc2nc(NCC(C)C)c3ncc(CO)n3c2cc1C. The molecule has 3 aromatic rings. The van der Waals surface area contributed by atoms with E-state index in [1.54, 1.807) is 6.20 Å². The molecular formula is C17H22N4O. The van der Waals surface area contributed by atoms with Gasteiger partial charge in [-0.3, -0.25) is 4.40 Å². The molecule has 0 atom stereocenters. The lowest BCUT2D eigenvalue weighted by Crippen LogP contribution is -2.11. The van der Waals surface area contributed by atoms with Crippen molar-refractivity contribution in [3.8, 4) is 0 Å². The minimum absolute atomic E-state index is 0.0448. The molecule has 5 nitrogen and oxygen atoms in total. The molecule has 0 amide bonds. The highest BCUT2D eigenvalue weighted by molar-refractivity contribution is 5.84. The molecule has 0 saturated carbocycles. The Kier molecular flexibility index (Phi) is 3.74. The van der Waals surface area contributed by atoms with Crippen LogP contribution in [0.25, 0.3) is 16.7 Å².